The van der Waals surface area contributed by atoms with Gasteiger partial charge in [-0.25, -0.2) is 4.98 Å². The molecule has 200 valence electrons. The van der Waals surface area contributed by atoms with E-state index in [-0.39, 0.29) is 33.3 Å². The fourth-order valence-electron chi connectivity index (χ4n) is 5.58. The van der Waals surface area contributed by atoms with Crippen LogP contribution < -0.4 is 9.80 Å². The zero-order chi connectivity index (χ0) is 31.7. The van der Waals surface area contributed by atoms with E-state index in [0.29, 0.717) is 11.5 Å². The number of fused-ring (bicyclic) bond motifs is 4. The molecule has 2 aromatic heterocycles. The number of aryl methyl sites for hydroxylation is 1. The molecule has 5 heteroatoms. The molecule has 0 aliphatic carbocycles. The number of hydrogen-bond donors (Lipinski definition) is 0. The Labute approximate surface area is 258 Å². The third-order valence-electron chi connectivity index (χ3n) is 7.72. The minimum atomic E-state index is -2.28. The molecule has 7 rings (SSSR count). The maximum atomic E-state index is 8.08. The van der Waals surface area contributed by atoms with Gasteiger partial charge in [-0.2, -0.15) is 47.5 Å². The predicted molar refractivity (Wildman–Crippen MR) is 161 cm³/mol. The monoisotopic (exact) mass is 707 g/mol. The molecule has 3 heterocycles. The standard InChI is InChI=1S/C35H30N4.Pt/c1-24-18-19-36-34(20-24)39-30-13-6-5-12-28(30)29-17-16-26(22-33(29)39)35(2,3)25-10-9-11-27(21-25)38-23-37(4)31-14-7-8-15-32(31)38;/h5-20H,23H2,1-4H3;/q-2;+2/i1D3,4D3;. The molecule has 0 amide bonds. The average molecular weight is 708 g/mol. The van der Waals surface area contributed by atoms with Crippen molar-refractivity contribution in [2.45, 2.75) is 26.1 Å². The number of hydrogen-bond acceptors (Lipinski definition) is 3. The topological polar surface area (TPSA) is 24.3 Å². The number of para-hydroxylation sites is 3. The summed E-state index contributed by atoms with van der Waals surface area (Å²) in [5.74, 6) is 0.515. The van der Waals surface area contributed by atoms with Gasteiger partial charge in [0.25, 0.3) is 0 Å². The number of pyridine rings is 1. The third-order valence-corrected chi connectivity index (χ3v) is 7.72. The summed E-state index contributed by atoms with van der Waals surface area (Å²) in [5, 5.41) is 2.01. The number of anilines is 3. The van der Waals surface area contributed by atoms with Crippen LogP contribution in [0, 0.1) is 19.0 Å². The summed E-state index contributed by atoms with van der Waals surface area (Å²) < 4.78 is 50.0. The Hall–Kier alpha value is -3.88. The summed E-state index contributed by atoms with van der Waals surface area (Å²) in [7, 11) is 0. The molecule has 1 aliphatic heterocycles. The van der Waals surface area contributed by atoms with Gasteiger partial charge < -0.3 is 14.4 Å². The Kier molecular flexibility index (Phi) is 4.99. The molecule has 0 N–H and O–H groups in total. The van der Waals surface area contributed by atoms with Gasteiger partial charge in [0.1, 0.15) is 5.82 Å². The van der Waals surface area contributed by atoms with Crippen molar-refractivity contribution in [3.05, 3.63) is 126 Å². The number of benzene rings is 4. The normalized spacial score (nSPS) is 15.9. The van der Waals surface area contributed by atoms with Crippen molar-refractivity contribution in [1.82, 2.24) is 9.55 Å². The molecular weight excluding hydrogens is 671 g/mol. The van der Waals surface area contributed by atoms with E-state index in [2.05, 4.69) is 43.1 Å². The van der Waals surface area contributed by atoms with Crippen molar-refractivity contribution >= 4 is 38.9 Å². The Morgan fingerprint density at radius 3 is 2.48 bits per heavy atom. The summed E-state index contributed by atoms with van der Waals surface area (Å²) in [6.45, 7) is -0.107. The van der Waals surface area contributed by atoms with E-state index in [1.54, 1.807) is 6.07 Å². The first-order valence-corrected chi connectivity index (χ1v) is 12.9. The first-order chi connectivity index (χ1) is 21.3. The van der Waals surface area contributed by atoms with Crippen LogP contribution in [0.3, 0.4) is 0 Å². The van der Waals surface area contributed by atoms with Gasteiger partial charge in [-0.05, 0) is 53.5 Å². The molecule has 0 bridgehead atoms. The van der Waals surface area contributed by atoms with Gasteiger partial charge in [0.2, 0.25) is 0 Å². The van der Waals surface area contributed by atoms with Crippen LogP contribution in [0.5, 0.6) is 0 Å². The summed E-state index contributed by atoms with van der Waals surface area (Å²) in [6.07, 6.45) is 1.54. The van der Waals surface area contributed by atoms with Crippen molar-refractivity contribution in [2.24, 2.45) is 0 Å². The predicted octanol–water partition coefficient (Wildman–Crippen LogP) is 7.96. The quantitative estimate of drug-likeness (QED) is 0.174. The van der Waals surface area contributed by atoms with Gasteiger partial charge >= 0.3 is 21.1 Å². The summed E-state index contributed by atoms with van der Waals surface area (Å²) in [4.78, 5) is 8.00. The molecule has 0 saturated carbocycles. The summed E-state index contributed by atoms with van der Waals surface area (Å²) in [5.41, 5.74) is 5.51. The number of nitrogens with zero attached hydrogens (tertiary/aromatic N) is 4. The minimum absolute atomic E-state index is 0. The van der Waals surface area contributed by atoms with Crippen molar-refractivity contribution in [1.29, 1.82) is 0 Å². The summed E-state index contributed by atoms with van der Waals surface area (Å²) in [6, 6.07) is 36.1. The molecule has 0 atom stereocenters. The SMILES string of the molecule is [2H]C([2H])([2H])c1ccnc(-n2c3[c-]c(C(C)(C)c4[c-]c(N5CN(C([2H])([2H])[2H])c6ccccc65)ccc4)ccc3c3ccccc32)c1.[Pt+2]. The largest absolute Gasteiger partial charge is 2.00 e. The Morgan fingerprint density at radius 1 is 0.825 bits per heavy atom. The van der Waals surface area contributed by atoms with Gasteiger partial charge in [0.05, 0.1) is 18.0 Å². The molecule has 1 aliphatic rings. The van der Waals surface area contributed by atoms with E-state index in [1.807, 2.05) is 76.2 Å². The van der Waals surface area contributed by atoms with E-state index < -0.39 is 19.2 Å². The fourth-order valence-corrected chi connectivity index (χ4v) is 5.58. The van der Waals surface area contributed by atoms with Crippen LogP contribution in [0.2, 0.25) is 0 Å². The Bertz CT molecular complexity index is 2080. The van der Waals surface area contributed by atoms with Gasteiger partial charge in [-0.3, -0.25) is 0 Å². The van der Waals surface area contributed by atoms with Gasteiger partial charge in [0, 0.05) is 26.9 Å². The van der Waals surface area contributed by atoms with E-state index >= 15 is 0 Å². The van der Waals surface area contributed by atoms with Gasteiger partial charge in [-0.15, -0.1) is 11.5 Å². The molecule has 0 fully saturated rings. The molecule has 4 nitrogen and oxygen atoms in total. The first kappa shape index (κ1) is 20.1. The Morgan fingerprint density at radius 2 is 1.62 bits per heavy atom. The van der Waals surface area contributed by atoms with Crippen LogP contribution in [0.1, 0.15) is 38.8 Å². The first-order valence-electron chi connectivity index (χ1n) is 15.9. The molecular formula is C35H30N4Pt. The second-order valence-electron chi connectivity index (χ2n) is 10.5. The van der Waals surface area contributed by atoms with Crippen LogP contribution in [-0.2, 0) is 26.5 Å². The fraction of sp³-hybridized carbons (Fsp3) is 0.171. The van der Waals surface area contributed by atoms with Crippen molar-refractivity contribution in [3.8, 4) is 5.82 Å². The molecule has 0 spiro atoms. The maximum Gasteiger partial charge on any atom is 2.00 e. The van der Waals surface area contributed by atoms with Crippen molar-refractivity contribution < 1.29 is 29.3 Å². The van der Waals surface area contributed by atoms with E-state index in [1.165, 1.54) is 17.2 Å². The van der Waals surface area contributed by atoms with Gasteiger partial charge in [0.15, 0.2) is 0 Å². The minimum Gasteiger partial charge on any atom is -0.355 e. The Balaban J connectivity index is 0.00000372. The average Bonchev–Trinajstić information content (AvgIpc) is 3.57. The van der Waals surface area contributed by atoms with E-state index in [9.17, 15) is 0 Å². The van der Waals surface area contributed by atoms with Crippen LogP contribution in [0.4, 0.5) is 17.1 Å². The van der Waals surface area contributed by atoms with E-state index in [4.69, 9.17) is 8.22 Å². The molecule has 0 unspecified atom stereocenters. The molecule has 6 aromatic rings. The van der Waals surface area contributed by atoms with Crippen LogP contribution in [0.15, 0.2) is 97.2 Å². The van der Waals surface area contributed by atoms with Crippen LogP contribution >= 0.6 is 0 Å². The third kappa shape index (κ3) is 4.14. The molecule has 40 heavy (non-hydrogen) atoms. The van der Waals surface area contributed by atoms with Crippen molar-refractivity contribution in [2.75, 3.05) is 23.4 Å². The van der Waals surface area contributed by atoms with E-state index in [0.717, 1.165) is 44.3 Å². The van der Waals surface area contributed by atoms with Crippen LogP contribution in [0.25, 0.3) is 27.6 Å². The zero-order valence-corrected chi connectivity index (χ0v) is 24.3. The number of rotatable bonds is 4. The second kappa shape index (κ2) is 9.94. The second-order valence-corrected chi connectivity index (χ2v) is 10.5. The number of aromatic nitrogens is 2. The molecule has 0 saturated heterocycles. The molecule has 4 aromatic carbocycles. The smallest absolute Gasteiger partial charge is 0.355 e. The van der Waals surface area contributed by atoms with Crippen LogP contribution in [-0.4, -0.2) is 23.2 Å². The maximum absolute atomic E-state index is 8.08. The molecule has 0 radical (unpaired) electrons. The van der Waals surface area contributed by atoms with Gasteiger partial charge in [-0.1, -0.05) is 55.4 Å². The summed E-state index contributed by atoms with van der Waals surface area (Å²) >= 11 is 0. The van der Waals surface area contributed by atoms with Crippen molar-refractivity contribution in [3.63, 3.8) is 0 Å². The zero-order valence-electron chi connectivity index (χ0n) is 28.0.